The van der Waals surface area contributed by atoms with Crippen molar-refractivity contribution in [1.29, 1.82) is 0 Å². The third-order valence-electron chi connectivity index (χ3n) is 0.872. The van der Waals surface area contributed by atoms with Crippen LogP contribution < -0.4 is 10.4 Å². The van der Waals surface area contributed by atoms with E-state index >= 15 is 0 Å². The molecule has 4 heteroatoms. The molecule has 0 aliphatic carbocycles. The van der Waals surface area contributed by atoms with Crippen molar-refractivity contribution in [2.45, 2.75) is 13.3 Å². The van der Waals surface area contributed by atoms with Crippen LogP contribution in [0.5, 0.6) is 0 Å². The number of carbonyl (C=O) groups is 1. The van der Waals surface area contributed by atoms with Crippen LogP contribution in [0.1, 0.15) is 13.3 Å². The van der Waals surface area contributed by atoms with E-state index in [-0.39, 0.29) is 5.91 Å². The Morgan fingerprint density at radius 3 is 2.67 bits per heavy atom. The van der Waals surface area contributed by atoms with E-state index in [1.165, 1.54) is 6.92 Å². The van der Waals surface area contributed by atoms with Gasteiger partial charge in [0.05, 0.1) is 0 Å². The molecule has 1 amide bonds. The lowest BCUT2D eigenvalue weighted by Crippen LogP contribution is -2.22. The van der Waals surface area contributed by atoms with Gasteiger partial charge in [-0.3, -0.25) is 4.79 Å². The lowest BCUT2D eigenvalue weighted by molar-refractivity contribution is -0.118. The highest BCUT2D eigenvalue weighted by molar-refractivity contribution is 7.13. The van der Waals surface area contributed by atoms with E-state index < -0.39 is 0 Å². The van der Waals surface area contributed by atoms with Gasteiger partial charge >= 0.3 is 0 Å². The summed E-state index contributed by atoms with van der Waals surface area (Å²) in [5.74, 6) is 0.0405. The van der Waals surface area contributed by atoms with Gasteiger partial charge in [-0.05, 0) is 6.42 Å². The Morgan fingerprint density at radius 2 is 2.22 bits per heavy atom. The highest BCUT2D eigenvalue weighted by Gasteiger charge is 1.87. The van der Waals surface area contributed by atoms with Crippen molar-refractivity contribution in [1.82, 2.24) is 10.4 Å². The second-order valence-corrected chi connectivity index (χ2v) is 2.20. The molecular weight excluding hydrogens is 135 g/mol. The highest BCUT2D eigenvalue weighted by Crippen LogP contribution is 1.75. The summed E-state index contributed by atoms with van der Waals surface area (Å²) in [6.07, 6.45) is 0.975. The van der Waals surface area contributed by atoms with Crippen LogP contribution in [0.15, 0.2) is 0 Å². The standard InChI is InChI=1S/C5H13N2OP/c1-5(8)6-3-2-4-7-9/h7H,2-4,9H2,1H3,(H,6,8). The van der Waals surface area contributed by atoms with Crippen molar-refractivity contribution in [3.8, 4) is 0 Å². The first-order chi connectivity index (χ1) is 4.27. The fourth-order valence-corrected chi connectivity index (χ4v) is 0.659. The van der Waals surface area contributed by atoms with Crippen LogP contribution in [0.3, 0.4) is 0 Å². The van der Waals surface area contributed by atoms with Gasteiger partial charge < -0.3 is 10.4 Å². The predicted octanol–water partition coefficient (Wildman–Crippen LogP) is -0.108. The quantitative estimate of drug-likeness (QED) is 0.431. The van der Waals surface area contributed by atoms with Gasteiger partial charge in [0, 0.05) is 20.0 Å². The third kappa shape index (κ3) is 7.86. The van der Waals surface area contributed by atoms with E-state index in [0.717, 1.165) is 19.5 Å². The van der Waals surface area contributed by atoms with E-state index in [4.69, 9.17) is 0 Å². The monoisotopic (exact) mass is 148 g/mol. The first-order valence-corrected chi connectivity index (χ1v) is 3.53. The lowest BCUT2D eigenvalue weighted by Gasteiger charge is -1.99. The smallest absolute Gasteiger partial charge is 0.216 e. The minimum absolute atomic E-state index is 0.0405. The average Bonchev–Trinajstić information content (AvgIpc) is 1.80. The van der Waals surface area contributed by atoms with Crippen molar-refractivity contribution in [2.24, 2.45) is 0 Å². The molecule has 0 aromatic rings. The van der Waals surface area contributed by atoms with Gasteiger partial charge in [-0.2, -0.15) is 0 Å². The third-order valence-corrected chi connectivity index (χ3v) is 1.16. The minimum atomic E-state index is 0.0405. The molecule has 54 valence electrons. The molecule has 0 spiro atoms. The summed E-state index contributed by atoms with van der Waals surface area (Å²) in [4.78, 5) is 10.3. The maximum atomic E-state index is 10.3. The van der Waals surface area contributed by atoms with Gasteiger partial charge in [-0.15, -0.1) is 0 Å². The van der Waals surface area contributed by atoms with Crippen LogP contribution in [0, 0.1) is 0 Å². The predicted molar refractivity (Wildman–Crippen MR) is 41.0 cm³/mol. The molecule has 0 rings (SSSR count). The summed E-state index contributed by atoms with van der Waals surface area (Å²) in [5, 5.41) is 5.60. The molecular formula is C5H13N2OP. The zero-order chi connectivity index (χ0) is 7.11. The molecule has 0 radical (unpaired) electrons. The SMILES string of the molecule is CC(=O)NCCCNP. The molecule has 0 bridgehead atoms. The molecule has 0 saturated heterocycles. The summed E-state index contributed by atoms with van der Waals surface area (Å²) in [6, 6.07) is 0. The zero-order valence-electron chi connectivity index (χ0n) is 5.61. The first-order valence-electron chi connectivity index (χ1n) is 2.95. The fraction of sp³-hybridized carbons (Fsp3) is 0.800. The van der Waals surface area contributed by atoms with Gasteiger partial charge in [-0.1, -0.05) is 9.39 Å². The molecule has 9 heavy (non-hydrogen) atoms. The topological polar surface area (TPSA) is 41.1 Å². The molecule has 0 aliphatic rings. The maximum absolute atomic E-state index is 10.3. The highest BCUT2D eigenvalue weighted by atomic mass is 31.0. The van der Waals surface area contributed by atoms with E-state index in [2.05, 4.69) is 19.8 Å². The van der Waals surface area contributed by atoms with Crippen molar-refractivity contribution >= 4 is 15.3 Å². The molecule has 2 N–H and O–H groups in total. The van der Waals surface area contributed by atoms with Gasteiger partial charge in [-0.25, -0.2) is 0 Å². The van der Waals surface area contributed by atoms with Gasteiger partial charge in [0.15, 0.2) is 0 Å². The molecule has 0 heterocycles. The summed E-state index contributed by atoms with van der Waals surface area (Å²) < 4.78 is 0. The number of hydrogen-bond donors (Lipinski definition) is 2. The molecule has 0 saturated carbocycles. The van der Waals surface area contributed by atoms with Gasteiger partial charge in [0.1, 0.15) is 0 Å². The summed E-state index contributed by atoms with van der Waals surface area (Å²) >= 11 is 0. The van der Waals surface area contributed by atoms with Crippen molar-refractivity contribution in [2.75, 3.05) is 13.1 Å². The van der Waals surface area contributed by atoms with Crippen LogP contribution in [0.2, 0.25) is 0 Å². The van der Waals surface area contributed by atoms with Gasteiger partial charge in [0.25, 0.3) is 0 Å². The Labute approximate surface area is 57.8 Å². The summed E-state index contributed by atoms with van der Waals surface area (Å²) in [7, 11) is 2.41. The Balaban J connectivity index is 2.83. The van der Waals surface area contributed by atoms with Crippen LogP contribution in [0.25, 0.3) is 0 Å². The molecule has 0 fully saturated rings. The van der Waals surface area contributed by atoms with Crippen LogP contribution in [-0.4, -0.2) is 19.0 Å². The van der Waals surface area contributed by atoms with Crippen LogP contribution in [0.4, 0.5) is 0 Å². The first kappa shape index (κ1) is 8.86. The molecule has 1 atom stereocenters. The largest absolute Gasteiger partial charge is 0.356 e. The number of hydrogen-bond acceptors (Lipinski definition) is 2. The van der Waals surface area contributed by atoms with E-state index in [1.807, 2.05) is 0 Å². The number of nitrogens with one attached hydrogen (secondary N) is 2. The summed E-state index contributed by atoms with van der Waals surface area (Å²) in [6.45, 7) is 3.20. The summed E-state index contributed by atoms with van der Waals surface area (Å²) in [5.41, 5.74) is 0. The Hall–Kier alpha value is -0.140. The molecule has 0 aromatic carbocycles. The Kier molecular flexibility index (Phi) is 5.89. The second-order valence-electron chi connectivity index (χ2n) is 1.79. The number of amides is 1. The van der Waals surface area contributed by atoms with Crippen molar-refractivity contribution in [3.63, 3.8) is 0 Å². The number of carbonyl (C=O) groups excluding carboxylic acids is 1. The van der Waals surface area contributed by atoms with Crippen LogP contribution >= 0.6 is 9.39 Å². The number of rotatable bonds is 4. The average molecular weight is 148 g/mol. The van der Waals surface area contributed by atoms with Crippen LogP contribution in [-0.2, 0) is 4.79 Å². The van der Waals surface area contributed by atoms with E-state index in [9.17, 15) is 4.79 Å². The molecule has 3 nitrogen and oxygen atoms in total. The second kappa shape index (κ2) is 5.99. The molecule has 0 aromatic heterocycles. The van der Waals surface area contributed by atoms with Crippen molar-refractivity contribution < 1.29 is 4.79 Å². The van der Waals surface area contributed by atoms with Crippen molar-refractivity contribution in [3.05, 3.63) is 0 Å². The normalized spacial score (nSPS) is 9.11. The zero-order valence-corrected chi connectivity index (χ0v) is 6.76. The Bertz CT molecular complexity index is 87.0. The minimum Gasteiger partial charge on any atom is -0.356 e. The Morgan fingerprint density at radius 1 is 1.56 bits per heavy atom. The van der Waals surface area contributed by atoms with Gasteiger partial charge in [0.2, 0.25) is 5.91 Å². The maximum Gasteiger partial charge on any atom is 0.216 e. The lowest BCUT2D eigenvalue weighted by atomic mass is 10.4. The van der Waals surface area contributed by atoms with E-state index in [1.54, 1.807) is 0 Å². The molecule has 1 unspecified atom stereocenters. The fourth-order valence-electron chi connectivity index (χ4n) is 0.455. The van der Waals surface area contributed by atoms with E-state index in [0.29, 0.717) is 0 Å². The molecule has 0 aliphatic heterocycles.